The second-order valence-corrected chi connectivity index (χ2v) is 7.19. The molecule has 2 aromatic heterocycles. The molecule has 0 saturated carbocycles. The van der Waals surface area contributed by atoms with Crippen molar-refractivity contribution in [3.8, 4) is 5.88 Å². The summed E-state index contributed by atoms with van der Waals surface area (Å²) in [7, 11) is 0. The molecule has 4 rings (SSSR count). The SMILES string of the molecule is Cc1ccc(/C=C/C(=O)Nc2cnn3c(O)c(Cc4ccccc4)c(C)nc23)cc1. The van der Waals surface area contributed by atoms with E-state index in [1.165, 1.54) is 16.8 Å². The van der Waals surface area contributed by atoms with E-state index >= 15 is 0 Å². The first kappa shape index (κ1) is 19.4. The summed E-state index contributed by atoms with van der Waals surface area (Å²) in [5, 5.41) is 17.7. The monoisotopic (exact) mass is 398 g/mol. The summed E-state index contributed by atoms with van der Waals surface area (Å²) in [5.74, 6) is -0.269. The van der Waals surface area contributed by atoms with Gasteiger partial charge in [-0.3, -0.25) is 4.79 Å². The van der Waals surface area contributed by atoms with Crippen LogP contribution in [0.1, 0.15) is 27.9 Å². The molecule has 0 bridgehead atoms. The van der Waals surface area contributed by atoms with Gasteiger partial charge in [0.2, 0.25) is 11.8 Å². The molecule has 150 valence electrons. The summed E-state index contributed by atoms with van der Waals surface area (Å²) >= 11 is 0. The Bertz CT molecular complexity index is 1230. The van der Waals surface area contributed by atoms with E-state index in [0.717, 1.165) is 16.7 Å². The van der Waals surface area contributed by atoms with Crippen LogP contribution in [0.15, 0.2) is 66.9 Å². The lowest BCUT2D eigenvalue weighted by molar-refractivity contribution is -0.111. The topological polar surface area (TPSA) is 79.5 Å². The number of benzene rings is 2. The highest BCUT2D eigenvalue weighted by Gasteiger charge is 2.17. The molecule has 2 heterocycles. The van der Waals surface area contributed by atoms with Gasteiger partial charge in [-0.25, -0.2) is 4.98 Å². The van der Waals surface area contributed by atoms with Gasteiger partial charge in [0.05, 0.1) is 6.20 Å². The fourth-order valence-electron chi connectivity index (χ4n) is 3.24. The summed E-state index contributed by atoms with van der Waals surface area (Å²) in [6, 6.07) is 17.7. The minimum Gasteiger partial charge on any atom is -0.493 e. The Hall–Kier alpha value is -3.93. The Kier molecular flexibility index (Phi) is 5.30. The van der Waals surface area contributed by atoms with Gasteiger partial charge in [-0.2, -0.15) is 9.61 Å². The second-order valence-electron chi connectivity index (χ2n) is 7.19. The minimum atomic E-state index is -0.294. The van der Waals surface area contributed by atoms with Crippen molar-refractivity contribution >= 4 is 23.3 Å². The molecule has 4 aromatic rings. The molecule has 0 unspecified atom stereocenters. The minimum absolute atomic E-state index is 0.0250. The Morgan fingerprint density at radius 3 is 2.57 bits per heavy atom. The number of aryl methyl sites for hydroxylation is 2. The molecule has 1 amide bonds. The molecular weight excluding hydrogens is 376 g/mol. The highest BCUT2D eigenvalue weighted by Crippen LogP contribution is 2.27. The molecule has 30 heavy (non-hydrogen) atoms. The second kappa shape index (κ2) is 8.21. The van der Waals surface area contributed by atoms with E-state index in [4.69, 9.17) is 0 Å². The number of fused-ring (bicyclic) bond motifs is 1. The van der Waals surface area contributed by atoms with Gasteiger partial charge in [0.1, 0.15) is 5.69 Å². The number of rotatable bonds is 5. The lowest BCUT2D eigenvalue weighted by Crippen LogP contribution is -2.09. The Morgan fingerprint density at radius 2 is 1.83 bits per heavy atom. The molecule has 6 nitrogen and oxygen atoms in total. The van der Waals surface area contributed by atoms with E-state index in [-0.39, 0.29) is 11.8 Å². The maximum Gasteiger partial charge on any atom is 0.248 e. The van der Waals surface area contributed by atoms with Crippen molar-refractivity contribution in [2.45, 2.75) is 20.3 Å². The summed E-state index contributed by atoms with van der Waals surface area (Å²) in [5.41, 5.74) is 5.41. The highest BCUT2D eigenvalue weighted by atomic mass is 16.3. The predicted molar refractivity (Wildman–Crippen MR) is 117 cm³/mol. The van der Waals surface area contributed by atoms with Crippen molar-refractivity contribution < 1.29 is 9.90 Å². The number of aromatic nitrogens is 3. The van der Waals surface area contributed by atoms with Gasteiger partial charge < -0.3 is 10.4 Å². The third-order valence-corrected chi connectivity index (χ3v) is 4.91. The van der Waals surface area contributed by atoms with E-state index in [9.17, 15) is 9.90 Å². The van der Waals surface area contributed by atoms with Crippen molar-refractivity contribution in [1.82, 2.24) is 14.6 Å². The molecule has 0 radical (unpaired) electrons. The maximum absolute atomic E-state index is 12.3. The molecular formula is C24H22N4O2. The molecule has 0 atom stereocenters. The van der Waals surface area contributed by atoms with Gasteiger partial charge >= 0.3 is 0 Å². The Morgan fingerprint density at radius 1 is 1.10 bits per heavy atom. The number of hydrogen-bond donors (Lipinski definition) is 2. The fourth-order valence-corrected chi connectivity index (χ4v) is 3.24. The van der Waals surface area contributed by atoms with Gasteiger partial charge in [-0.15, -0.1) is 0 Å². The Balaban J connectivity index is 1.57. The van der Waals surface area contributed by atoms with Crippen LogP contribution in [-0.2, 0) is 11.2 Å². The van der Waals surface area contributed by atoms with E-state index < -0.39 is 0 Å². The summed E-state index contributed by atoms with van der Waals surface area (Å²) in [6.07, 6.45) is 5.24. The number of amides is 1. The van der Waals surface area contributed by atoms with Gasteiger partial charge in [-0.1, -0.05) is 60.2 Å². The first-order chi connectivity index (χ1) is 14.5. The lowest BCUT2D eigenvalue weighted by atomic mass is 10.0. The number of carbonyl (C=O) groups excluding carboxylic acids is 1. The third kappa shape index (κ3) is 4.07. The van der Waals surface area contributed by atoms with Crippen LogP contribution in [-0.4, -0.2) is 25.6 Å². The van der Waals surface area contributed by atoms with Crippen LogP contribution in [0.4, 0.5) is 5.69 Å². The van der Waals surface area contributed by atoms with Crippen molar-refractivity contribution in [1.29, 1.82) is 0 Å². The molecule has 0 saturated heterocycles. The first-order valence-corrected chi connectivity index (χ1v) is 9.67. The van der Waals surface area contributed by atoms with Crippen LogP contribution in [0, 0.1) is 13.8 Å². The third-order valence-electron chi connectivity index (χ3n) is 4.91. The van der Waals surface area contributed by atoms with Gasteiger partial charge in [-0.05, 0) is 31.1 Å². The molecule has 0 aliphatic rings. The number of anilines is 1. The van der Waals surface area contributed by atoms with E-state index in [1.54, 1.807) is 6.08 Å². The average Bonchev–Trinajstić information content (AvgIpc) is 3.14. The van der Waals surface area contributed by atoms with Crippen LogP contribution in [0.25, 0.3) is 11.7 Å². The number of nitrogens with zero attached hydrogens (tertiary/aromatic N) is 3. The van der Waals surface area contributed by atoms with Crippen molar-refractivity contribution in [2.75, 3.05) is 5.32 Å². The average molecular weight is 398 g/mol. The van der Waals surface area contributed by atoms with Crippen molar-refractivity contribution in [2.24, 2.45) is 0 Å². The number of aromatic hydroxyl groups is 1. The van der Waals surface area contributed by atoms with E-state index in [1.807, 2.05) is 68.4 Å². The Labute approximate surface area is 174 Å². The number of carbonyl (C=O) groups is 1. The number of hydrogen-bond acceptors (Lipinski definition) is 4. The normalized spacial score (nSPS) is 11.3. The van der Waals surface area contributed by atoms with Crippen LogP contribution >= 0.6 is 0 Å². The molecule has 0 fully saturated rings. The van der Waals surface area contributed by atoms with Gasteiger partial charge in [0.25, 0.3) is 0 Å². The van der Waals surface area contributed by atoms with Crippen LogP contribution in [0.3, 0.4) is 0 Å². The van der Waals surface area contributed by atoms with Crippen LogP contribution < -0.4 is 5.32 Å². The molecule has 0 aliphatic carbocycles. The largest absolute Gasteiger partial charge is 0.493 e. The van der Waals surface area contributed by atoms with Crippen LogP contribution in [0.2, 0.25) is 0 Å². The summed E-state index contributed by atoms with van der Waals surface area (Å²) < 4.78 is 1.35. The lowest BCUT2D eigenvalue weighted by Gasteiger charge is -2.10. The molecule has 0 aliphatic heterocycles. The smallest absolute Gasteiger partial charge is 0.248 e. The predicted octanol–water partition coefficient (Wildman–Crippen LogP) is 4.29. The van der Waals surface area contributed by atoms with Gasteiger partial charge in [0.15, 0.2) is 5.65 Å². The van der Waals surface area contributed by atoms with E-state index in [2.05, 4.69) is 15.4 Å². The zero-order valence-electron chi connectivity index (χ0n) is 16.8. The number of nitrogens with one attached hydrogen (secondary N) is 1. The zero-order valence-corrected chi connectivity index (χ0v) is 16.8. The highest BCUT2D eigenvalue weighted by molar-refractivity contribution is 6.03. The molecule has 2 N–H and O–H groups in total. The molecule has 2 aromatic carbocycles. The van der Waals surface area contributed by atoms with Crippen molar-refractivity contribution in [3.05, 3.63) is 94.8 Å². The van der Waals surface area contributed by atoms with Gasteiger partial charge in [0, 0.05) is 23.8 Å². The molecule has 6 heteroatoms. The maximum atomic E-state index is 12.3. The fraction of sp³-hybridized carbons (Fsp3) is 0.125. The standard InChI is InChI=1S/C24H22N4O2/c1-16-8-10-18(11-9-16)12-13-22(29)27-21-15-25-28-23(21)26-17(2)20(24(28)30)14-19-6-4-3-5-7-19/h3-13,15,30H,14H2,1-2H3,(H,27,29)/b13-12+. The molecule has 0 spiro atoms. The summed E-state index contributed by atoms with van der Waals surface area (Å²) in [6.45, 7) is 3.86. The van der Waals surface area contributed by atoms with Crippen molar-refractivity contribution in [3.63, 3.8) is 0 Å². The quantitative estimate of drug-likeness (QED) is 0.492. The first-order valence-electron chi connectivity index (χ1n) is 9.67. The zero-order chi connectivity index (χ0) is 21.1. The van der Waals surface area contributed by atoms with E-state index in [0.29, 0.717) is 29.0 Å². The van der Waals surface area contributed by atoms with Crippen LogP contribution in [0.5, 0.6) is 5.88 Å². The summed E-state index contributed by atoms with van der Waals surface area (Å²) in [4.78, 5) is 16.9.